The molecular formula is C48H47NS. The fourth-order valence-electron chi connectivity index (χ4n) is 13.0. The zero-order valence-electron chi connectivity index (χ0n) is 29.9. The van der Waals surface area contributed by atoms with Gasteiger partial charge in [-0.25, -0.2) is 0 Å². The maximum absolute atomic E-state index is 2.67. The van der Waals surface area contributed by atoms with Gasteiger partial charge in [0.25, 0.3) is 0 Å². The molecule has 2 heteroatoms. The van der Waals surface area contributed by atoms with Gasteiger partial charge >= 0.3 is 0 Å². The topological polar surface area (TPSA) is 3.24 Å². The quantitative estimate of drug-likeness (QED) is 0.187. The van der Waals surface area contributed by atoms with E-state index in [4.69, 9.17) is 0 Å². The van der Waals surface area contributed by atoms with Crippen molar-refractivity contribution >= 4 is 28.8 Å². The maximum Gasteiger partial charge on any atom is 0.0604 e. The lowest BCUT2D eigenvalue weighted by Gasteiger charge is -2.78. The van der Waals surface area contributed by atoms with Crippen LogP contribution >= 0.6 is 11.8 Å². The lowest BCUT2D eigenvalue weighted by molar-refractivity contribution is -0.235. The molecule has 6 atom stereocenters. The molecule has 6 aliphatic rings. The second-order valence-electron chi connectivity index (χ2n) is 18.0. The second-order valence-corrected chi connectivity index (χ2v) is 19.1. The molecule has 5 aliphatic carbocycles. The molecule has 2 spiro atoms. The number of rotatable bonds is 4. The summed E-state index contributed by atoms with van der Waals surface area (Å²) >= 11 is 2.04. The van der Waals surface area contributed by atoms with Crippen LogP contribution in [0.15, 0.2) is 125 Å². The molecule has 5 aromatic carbocycles. The van der Waals surface area contributed by atoms with Crippen LogP contribution in [0.1, 0.15) is 88.5 Å². The van der Waals surface area contributed by atoms with Gasteiger partial charge in [0.1, 0.15) is 0 Å². The van der Waals surface area contributed by atoms with Crippen LogP contribution in [-0.4, -0.2) is 0 Å². The van der Waals surface area contributed by atoms with Gasteiger partial charge in [0.2, 0.25) is 0 Å². The SMILES string of the molecule is CC1(C)CCC(C)(C)c2c(N(c3ccc(-c4ccccc4)cc3)c3cccc4c3Sc3ccccc3C43C4CC5CC6CC3C64C5)cccc21. The van der Waals surface area contributed by atoms with Crippen LogP contribution < -0.4 is 4.90 Å². The highest BCUT2D eigenvalue weighted by atomic mass is 32.2. The van der Waals surface area contributed by atoms with Crippen molar-refractivity contribution in [2.75, 3.05) is 4.90 Å². The first-order valence-electron chi connectivity index (χ1n) is 19.2. The van der Waals surface area contributed by atoms with Gasteiger partial charge < -0.3 is 4.90 Å². The zero-order valence-corrected chi connectivity index (χ0v) is 30.7. The van der Waals surface area contributed by atoms with E-state index in [-0.39, 0.29) is 16.2 Å². The smallest absolute Gasteiger partial charge is 0.0604 e. The molecule has 0 aromatic heterocycles. The van der Waals surface area contributed by atoms with E-state index in [1.807, 2.05) is 11.8 Å². The fourth-order valence-corrected chi connectivity index (χ4v) is 14.3. The van der Waals surface area contributed by atoms with Gasteiger partial charge in [-0.15, -0.1) is 0 Å². The molecule has 1 nitrogen and oxygen atoms in total. The minimum absolute atomic E-state index is 0.0733. The fraction of sp³-hybridized carbons (Fsp3) is 0.375. The summed E-state index contributed by atoms with van der Waals surface area (Å²) in [5.41, 5.74) is 13.8. The van der Waals surface area contributed by atoms with Gasteiger partial charge in [-0.05, 0) is 142 Å². The summed E-state index contributed by atoms with van der Waals surface area (Å²) in [7, 11) is 0. The molecule has 0 amide bonds. The highest BCUT2D eigenvalue weighted by molar-refractivity contribution is 7.99. The summed E-state index contributed by atoms with van der Waals surface area (Å²) in [6, 6.07) is 44.4. The Hall–Kier alpha value is -3.75. The monoisotopic (exact) mass is 669 g/mol. The summed E-state index contributed by atoms with van der Waals surface area (Å²) in [5.74, 6) is 3.51. The average Bonchev–Trinajstić information content (AvgIpc) is 3.66. The van der Waals surface area contributed by atoms with Crippen LogP contribution in [0.25, 0.3) is 11.1 Å². The Bertz CT molecular complexity index is 2200. The lowest BCUT2D eigenvalue weighted by Crippen LogP contribution is -2.74. The zero-order chi connectivity index (χ0) is 33.6. The molecule has 5 aromatic rings. The molecule has 6 unspecified atom stereocenters. The van der Waals surface area contributed by atoms with Crippen molar-refractivity contribution in [3.63, 3.8) is 0 Å². The Morgan fingerprint density at radius 3 is 2.04 bits per heavy atom. The van der Waals surface area contributed by atoms with Crippen LogP contribution in [0.3, 0.4) is 0 Å². The summed E-state index contributed by atoms with van der Waals surface area (Å²) in [6.45, 7) is 9.88. The minimum Gasteiger partial charge on any atom is -0.309 e. The molecule has 50 heavy (non-hydrogen) atoms. The van der Waals surface area contributed by atoms with Crippen molar-refractivity contribution < 1.29 is 0 Å². The van der Waals surface area contributed by atoms with Crippen molar-refractivity contribution in [3.05, 3.63) is 138 Å². The number of fused-ring (bicyclic) bond motifs is 8. The molecule has 0 radical (unpaired) electrons. The third-order valence-corrected chi connectivity index (χ3v) is 16.2. The summed E-state index contributed by atoms with van der Waals surface area (Å²) in [4.78, 5) is 5.65. The van der Waals surface area contributed by atoms with Crippen LogP contribution in [-0.2, 0) is 16.2 Å². The number of benzene rings is 5. The van der Waals surface area contributed by atoms with E-state index >= 15 is 0 Å². The first-order valence-corrected chi connectivity index (χ1v) is 20.1. The van der Waals surface area contributed by atoms with Crippen molar-refractivity contribution in [1.29, 1.82) is 0 Å². The van der Waals surface area contributed by atoms with Gasteiger partial charge in [0, 0.05) is 20.9 Å². The third kappa shape index (κ3) is 3.62. The van der Waals surface area contributed by atoms with Gasteiger partial charge in [0.15, 0.2) is 0 Å². The standard InChI is InChI=1S/C48H47NS/c1-45(2)24-25-46(3,4)43-36(45)15-10-17-38(43)49(34-22-20-32(21-23-34)31-12-6-5-7-13-31)39-18-11-16-37-44(39)50-40-19-9-8-14-35(40)48(37)41-27-30-26-33-28-42(48)47(33,41)29-30/h5-23,30,33,41-42H,24-29H2,1-4H3. The highest BCUT2D eigenvalue weighted by Gasteiger charge is 2.84. The Kier molecular flexibility index (Phi) is 5.97. The first kappa shape index (κ1) is 29.9. The molecule has 2 bridgehead atoms. The predicted octanol–water partition coefficient (Wildman–Crippen LogP) is 13.0. The summed E-state index contributed by atoms with van der Waals surface area (Å²) in [5, 5.41) is 0. The van der Waals surface area contributed by atoms with E-state index in [1.54, 1.807) is 11.1 Å². The largest absolute Gasteiger partial charge is 0.309 e. The molecule has 1 heterocycles. The molecule has 0 saturated heterocycles. The molecule has 11 rings (SSSR count). The van der Waals surface area contributed by atoms with Gasteiger partial charge in [-0.1, -0.05) is 124 Å². The van der Waals surface area contributed by atoms with Crippen molar-refractivity contribution in [1.82, 2.24) is 0 Å². The highest BCUT2D eigenvalue weighted by Crippen LogP contribution is 2.89. The Labute approximate surface area is 302 Å². The Morgan fingerprint density at radius 2 is 1.24 bits per heavy atom. The number of hydrogen-bond acceptors (Lipinski definition) is 2. The molecule has 250 valence electrons. The van der Waals surface area contributed by atoms with Crippen LogP contribution in [0.5, 0.6) is 0 Å². The van der Waals surface area contributed by atoms with Crippen molar-refractivity contribution in [2.45, 2.75) is 92.3 Å². The van der Waals surface area contributed by atoms with E-state index in [0.29, 0.717) is 5.41 Å². The van der Waals surface area contributed by atoms with Crippen LogP contribution in [0.4, 0.5) is 17.1 Å². The maximum atomic E-state index is 2.67. The van der Waals surface area contributed by atoms with E-state index in [1.165, 1.54) is 87.6 Å². The number of anilines is 3. The second kappa shape index (κ2) is 9.97. The van der Waals surface area contributed by atoms with Gasteiger partial charge in [-0.3, -0.25) is 0 Å². The number of hydrogen-bond donors (Lipinski definition) is 0. The van der Waals surface area contributed by atoms with E-state index in [2.05, 4.69) is 148 Å². The van der Waals surface area contributed by atoms with Crippen LogP contribution in [0.2, 0.25) is 0 Å². The Morgan fingerprint density at radius 1 is 0.580 bits per heavy atom. The van der Waals surface area contributed by atoms with Crippen LogP contribution in [0, 0.1) is 29.1 Å². The predicted molar refractivity (Wildman–Crippen MR) is 208 cm³/mol. The van der Waals surface area contributed by atoms with E-state index in [9.17, 15) is 0 Å². The molecule has 4 fully saturated rings. The third-order valence-electron chi connectivity index (χ3n) is 15.0. The summed E-state index contributed by atoms with van der Waals surface area (Å²) in [6.07, 6.45) is 8.26. The van der Waals surface area contributed by atoms with Gasteiger partial charge in [0.05, 0.1) is 11.4 Å². The molecule has 4 saturated carbocycles. The molecule has 1 aliphatic heterocycles. The molecule has 0 N–H and O–H groups in total. The summed E-state index contributed by atoms with van der Waals surface area (Å²) < 4.78 is 0. The first-order chi connectivity index (χ1) is 24.2. The lowest BCUT2D eigenvalue weighted by atomic mass is 9.26. The Balaban J connectivity index is 1.15. The minimum atomic E-state index is 0.0733. The number of nitrogens with zero attached hydrogens (tertiary/aromatic N) is 1. The van der Waals surface area contributed by atoms with Crippen molar-refractivity contribution in [3.8, 4) is 11.1 Å². The van der Waals surface area contributed by atoms with E-state index in [0.717, 1.165) is 23.7 Å². The normalized spacial score (nSPS) is 31.1. The van der Waals surface area contributed by atoms with Crippen molar-refractivity contribution in [2.24, 2.45) is 29.1 Å². The van der Waals surface area contributed by atoms with Gasteiger partial charge in [-0.2, -0.15) is 0 Å². The van der Waals surface area contributed by atoms with E-state index < -0.39 is 0 Å². The molecular weight excluding hydrogens is 623 g/mol. The average molecular weight is 670 g/mol.